The molecular formula is C12H17N3O2S. The lowest BCUT2D eigenvalue weighted by molar-refractivity contribution is -0.384. The largest absolute Gasteiger partial charge is 0.398 e. The van der Waals surface area contributed by atoms with Crippen LogP contribution in [0.1, 0.15) is 12.0 Å². The van der Waals surface area contributed by atoms with Gasteiger partial charge in [-0.2, -0.15) is 11.8 Å². The zero-order valence-electron chi connectivity index (χ0n) is 10.3. The number of anilines is 1. The van der Waals surface area contributed by atoms with E-state index in [0.717, 1.165) is 11.3 Å². The Kier molecular flexibility index (Phi) is 4.08. The van der Waals surface area contributed by atoms with E-state index < -0.39 is 0 Å². The van der Waals surface area contributed by atoms with Gasteiger partial charge in [-0.1, -0.05) is 0 Å². The second kappa shape index (κ2) is 5.58. The number of thioether (sulfide) groups is 1. The zero-order valence-corrected chi connectivity index (χ0v) is 11.2. The summed E-state index contributed by atoms with van der Waals surface area (Å²) in [6.45, 7) is 0.665. The second-order valence-electron chi connectivity index (χ2n) is 4.57. The van der Waals surface area contributed by atoms with Crippen LogP contribution in [-0.4, -0.2) is 34.4 Å². The molecule has 1 aromatic rings. The first-order chi connectivity index (χ1) is 8.58. The Hall–Kier alpha value is -1.27. The van der Waals surface area contributed by atoms with E-state index in [1.807, 2.05) is 11.8 Å². The van der Waals surface area contributed by atoms with Crippen molar-refractivity contribution < 1.29 is 4.92 Å². The zero-order chi connectivity index (χ0) is 13.1. The standard InChI is InChI=1S/C12H17N3O2S/c1-14(11-4-5-18-8-11)7-9-6-10(15(16)17)2-3-12(9)13/h2-3,6,11H,4-5,7-8,13H2,1H3. The molecule has 1 heterocycles. The third-order valence-corrected chi connectivity index (χ3v) is 4.43. The number of hydrogen-bond donors (Lipinski definition) is 1. The number of hydrogen-bond acceptors (Lipinski definition) is 5. The summed E-state index contributed by atoms with van der Waals surface area (Å²) >= 11 is 1.95. The minimum Gasteiger partial charge on any atom is -0.398 e. The molecule has 1 unspecified atom stereocenters. The molecule has 1 aliphatic rings. The highest BCUT2D eigenvalue weighted by molar-refractivity contribution is 7.99. The molecule has 1 atom stereocenters. The average Bonchev–Trinajstić information content (AvgIpc) is 2.85. The monoisotopic (exact) mass is 267 g/mol. The summed E-state index contributed by atoms with van der Waals surface area (Å²) in [6.07, 6.45) is 1.18. The van der Waals surface area contributed by atoms with Crippen LogP contribution in [0, 0.1) is 10.1 Å². The Bertz CT molecular complexity index is 447. The molecule has 18 heavy (non-hydrogen) atoms. The van der Waals surface area contributed by atoms with Gasteiger partial charge < -0.3 is 5.73 Å². The van der Waals surface area contributed by atoms with Crippen LogP contribution in [0.4, 0.5) is 11.4 Å². The van der Waals surface area contributed by atoms with Crippen LogP contribution in [-0.2, 0) is 6.54 Å². The molecule has 5 nitrogen and oxygen atoms in total. The van der Waals surface area contributed by atoms with Crippen molar-refractivity contribution in [2.24, 2.45) is 0 Å². The van der Waals surface area contributed by atoms with E-state index in [0.29, 0.717) is 18.3 Å². The predicted molar refractivity (Wildman–Crippen MR) is 74.7 cm³/mol. The molecule has 0 amide bonds. The lowest BCUT2D eigenvalue weighted by Crippen LogP contribution is -2.31. The molecule has 98 valence electrons. The van der Waals surface area contributed by atoms with Gasteiger partial charge in [0.05, 0.1) is 4.92 Å². The fourth-order valence-corrected chi connectivity index (χ4v) is 3.41. The van der Waals surface area contributed by atoms with Crippen molar-refractivity contribution in [3.63, 3.8) is 0 Å². The lowest BCUT2D eigenvalue weighted by atomic mass is 10.1. The van der Waals surface area contributed by atoms with E-state index in [1.165, 1.54) is 18.2 Å². The lowest BCUT2D eigenvalue weighted by Gasteiger charge is -2.23. The van der Waals surface area contributed by atoms with Crippen molar-refractivity contribution >= 4 is 23.1 Å². The summed E-state index contributed by atoms with van der Waals surface area (Å²) in [5.74, 6) is 2.32. The Morgan fingerprint density at radius 3 is 3.00 bits per heavy atom. The molecule has 0 spiro atoms. The van der Waals surface area contributed by atoms with Crippen LogP contribution in [0.3, 0.4) is 0 Å². The Labute approximate surface area is 110 Å². The number of nitro groups is 1. The van der Waals surface area contributed by atoms with Crippen molar-refractivity contribution in [1.82, 2.24) is 4.90 Å². The molecule has 0 bridgehead atoms. The van der Waals surface area contributed by atoms with Crippen LogP contribution >= 0.6 is 11.8 Å². The van der Waals surface area contributed by atoms with Crippen LogP contribution in [0.25, 0.3) is 0 Å². The molecule has 1 fully saturated rings. The molecule has 1 saturated heterocycles. The highest BCUT2D eigenvalue weighted by atomic mass is 32.2. The molecule has 0 radical (unpaired) electrons. The Balaban J connectivity index is 2.12. The second-order valence-corrected chi connectivity index (χ2v) is 5.72. The normalized spacial score (nSPS) is 19.3. The first-order valence-electron chi connectivity index (χ1n) is 5.88. The minimum absolute atomic E-state index is 0.105. The molecule has 2 rings (SSSR count). The van der Waals surface area contributed by atoms with Crippen LogP contribution in [0.2, 0.25) is 0 Å². The number of benzene rings is 1. The summed E-state index contributed by atoms with van der Waals surface area (Å²) in [7, 11) is 2.05. The van der Waals surface area contributed by atoms with Crippen molar-refractivity contribution in [2.45, 2.75) is 19.0 Å². The molecular weight excluding hydrogens is 250 g/mol. The first-order valence-corrected chi connectivity index (χ1v) is 7.04. The number of rotatable bonds is 4. The van der Waals surface area contributed by atoms with Crippen LogP contribution in [0.15, 0.2) is 18.2 Å². The van der Waals surface area contributed by atoms with Gasteiger partial charge in [0.1, 0.15) is 0 Å². The van der Waals surface area contributed by atoms with Crippen LogP contribution < -0.4 is 5.73 Å². The highest BCUT2D eigenvalue weighted by Crippen LogP contribution is 2.25. The quantitative estimate of drug-likeness (QED) is 0.514. The number of nitro benzene ring substituents is 1. The fraction of sp³-hybridized carbons (Fsp3) is 0.500. The summed E-state index contributed by atoms with van der Waals surface area (Å²) in [5, 5.41) is 10.8. The van der Waals surface area contributed by atoms with Crippen molar-refractivity contribution in [1.29, 1.82) is 0 Å². The van der Waals surface area contributed by atoms with Gasteiger partial charge in [-0.15, -0.1) is 0 Å². The fourth-order valence-electron chi connectivity index (χ4n) is 2.11. The van der Waals surface area contributed by atoms with Gasteiger partial charge in [0.25, 0.3) is 5.69 Å². The molecule has 0 aliphatic carbocycles. The average molecular weight is 267 g/mol. The van der Waals surface area contributed by atoms with Gasteiger partial charge in [-0.3, -0.25) is 15.0 Å². The van der Waals surface area contributed by atoms with E-state index >= 15 is 0 Å². The Morgan fingerprint density at radius 2 is 2.39 bits per heavy atom. The number of non-ortho nitro benzene ring substituents is 1. The van der Waals surface area contributed by atoms with Crippen molar-refractivity contribution in [3.8, 4) is 0 Å². The van der Waals surface area contributed by atoms with Gasteiger partial charge in [-0.05, 0) is 30.9 Å². The van der Waals surface area contributed by atoms with Crippen molar-refractivity contribution in [2.75, 3.05) is 24.3 Å². The van der Waals surface area contributed by atoms with Gasteiger partial charge in [-0.25, -0.2) is 0 Å². The number of nitrogen functional groups attached to an aromatic ring is 1. The van der Waals surface area contributed by atoms with E-state index in [9.17, 15) is 10.1 Å². The third kappa shape index (κ3) is 2.94. The smallest absolute Gasteiger partial charge is 0.269 e. The molecule has 1 aromatic carbocycles. The van der Waals surface area contributed by atoms with E-state index in [2.05, 4.69) is 11.9 Å². The molecule has 6 heteroatoms. The van der Waals surface area contributed by atoms with E-state index in [1.54, 1.807) is 12.1 Å². The first kappa shape index (κ1) is 13.2. The molecule has 1 aliphatic heterocycles. The Morgan fingerprint density at radius 1 is 1.61 bits per heavy atom. The van der Waals surface area contributed by atoms with Gasteiger partial charge >= 0.3 is 0 Å². The molecule has 0 saturated carbocycles. The van der Waals surface area contributed by atoms with Crippen molar-refractivity contribution in [3.05, 3.63) is 33.9 Å². The maximum Gasteiger partial charge on any atom is 0.269 e. The van der Waals surface area contributed by atoms with Gasteiger partial charge in [0, 0.05) is 36.2 Å². The topological polar surface area (TPSA) is 72.4 Å². The summed E-state index contributed by atoms with van der Waals surface area (Å²) in [5.41, 5.74) is 7.45. The minimum atomic E-state index is -0.381. The molecule has 0 aromatic heterocycles. The van der Waals surface area contributed by atoms with E-state index in [4.69, 9.17) is 5.73 Å². The number of nitrogens with zero attached hydrogens (tertiary/aromatic N) is 2. The SMILES string of the molecule is CN(Cc1cc([N+](=O)[O-])ccc1N)C1CCSC1. The predicted octanol–water partition coefficient (Wildman–Crippen LogP) is 2.11. The van der Waals surface area contributed by atoms with E-state index in [-0.39, 0.29) is 10.6 Å². The van der Waals surface area contributed by atoms with Gasteiger partial charge in [0.15, 0.2) is 0 Å². The highest BCUT2D eigenvalue weighted by Gasteiger charge is 2.21. The summed E-state index contributed by atoms with van der Waals surface area (Å²) in [6, 6.07) is 5.19. The van der Waals surface area contributed by atoms with Crippen LogP contribution in [0.5, 0.6) is 0 Å². The maximum absolute atomic E-state index is 10.8. The maximum atomic E-state index is 10.8. The summed E-state index contributed by atoms with van der Waals surface area (Å²) in [4.78, 5) is 12.6. The van der Waals surface area contributed by atoms with Gasteiger partial charge in [0.2, 0.25) is 0 Å². The molecule has 2 N–H and O–H groups in total. The number of nitrogens with two attached hydrogens (primary N) is 1. The summed E-state index contributed by atoms with van der Waals surface area (Å²) < 4.78 is 0. The third-order valence-electron chi connectivity index (χ3n) is 3.29.